The molecule has 10 heteroatoms. The molecule has 0 bridgehead atoms. The molecule has 2 N–H and O–H groups in total. The van der Waals surface area contributed by atoms with Gasteiger partial charge >= 0.3 is 12.0 Å². The lowest BCUT2D eigenvalue weighted by Gasteiger charge is -2.00. The fraction of sp³-hybridized carbons (Fsp3) is 0.300. The summed E-state index contributed by atoms with van der Waals surface area (Å²) in [6.45, 7) is 0. The molecule has 1 fully saturated rings. The van der Waals surface area contributed by atoms with Crippen LogP contribution in [0.2, 0.25) is 0 Å². The van der Waals surface area contributed by atoms with Crippen molar-refractivity contribution in [3.8, 4) is 0 Å². The van der Waals surface area contributed by atoms with Gasteiger partial charge in [0.2, 0.25) is 5.89 Å². The van der Waals surface area contributed by atoms with Crippen LogP contribution in [0, 0.1) is 0 Å². The van der Waals surface area contributed by atoms with Crippen LogP contribution in [0.3, 0.4) is 0 Å². The first-order valence-corrected chi connectivity index (χ1v) is 8.00. The Hall–Kier alpha value is -1.94. The molecule has 0 aliphatic heterocycles. The minimum Gasteiger partial charge on any atom is -0.477 e. The summed E-state index contributed by atoms with van der Waals surface area (Å²) in [5.74, 6) is -0.537. The summed E-state index contributed by atoms with van der Waals surface area (Å²) in [6.07, 6.45) is 1.92. The predicted octanol–water partition coefficient (Wildman–Crippen LogP) is 1.51. The van der Waals surface area contributed by atoms with Crippen LogP contribution >= 0.6 is 11.3 Å². The highest BCUT2D eigenvalue weighted by Gasteiger charge is 2.30. The average molecular weight is 315 g/mol. The highest BCUT2D eigenvalue weighted by molar-refractivity contribution is 7.92. The van der Waals surface area contributed by atoms with Gasteiger partial charge in [0.25, 0.3) is 10.0 Å². The summed E-state index contributed by atoms with van der Waals surface area (Å²) in [5.41, 5.74) is 0. The zero-order valence-corrected chi connectivity index (χ0v) is 11.6. The highest BCUT2D eigenvalue weighted by Crippen LogP contribution is 2.39. The van der Waals surface area contributed by atoms with E-state index in [0.717, 1.165) is 30.2 Å². The van der Waals surface area contributed by atoms with Gasteiger partial charge in [0.15, 0.2) is 0 Å². The topological polar surface area (TPSA) is 122 Å². The van der Waals surface area contributed by atoms with E-state index in [1.165, 1.54) is 5.38 Å². The number of sulfonamides is 1. The maximum atomic E-state index is 12.0. The van der Waals surface area contributed by atoms with E-state index in [1.807, 2.05) is 0 Å². The summed E-state index contributed by atoms with van der Waals surface area (Å²) in [6, 6.07) is 0.864. The van der Waals surface area contributed by atoms with Gasteiger partial charge in [-0.05, 0) is 18.9 Å². The van der Waals surface area contributed by atoms with E-state index in [2.05, 4.69) is 14.9 Å². The second-order valence-electron chi connectivity index (χ2n) is 4.28. The van der Waals surface area contributed by atoms with Gasteiger partial charge in [-0.1, -0.05) is 5.10 Å². The van der Waals surface area contributed by atoms with Crippen LogP contribution in [0.5, 0.6) is 0 Å². The van der Waals surface area contributed by atoms with Gasteiger partial charge in [0.1, 0.15) is 4.88 Å². The fourth-order valence-electron chi connectivity index (χ4n) is 1.52. The van der Waals surface area contributed by atoms with Crippen LogP contribution in [0.1, 0.15) is 34.3 Å². The van der Waals surface area contributed by atoms with Gasteiger partial charge in [-0.15, -0.1) is 16.4 Å². The molecule has 0 atom stereocenters. The lowest BCUT2D eigenvalue weighted by Crippen LogP contribution is -2.12. The number of rotatable bonds is 5. The molecule has 0 amide bonds. The molecule has 0 spiro atoms. The predicted molar refractivity (Wildman–Crippen MR) is 68.4 cm³/mol. The van der Waals surface area contributed by atoms with Gasteiger partial charge in [-0.2, -0.15) is 0 Å². The molecule has 8 nitrogen and oxygen atoms in total. The number of hydrogen-bond acceptors (Lipinski definition) is 7. The average Bonchev–Trinajstić information content (AvgIpc) is 2.91. The van der Waals surface area contributed by atoms with Crippen molar-refractivity contribution in [1.29, 1.82) is 0 Å². The van der Waals surface area contributed by atoms with Gasteiger partial charge in [0.05, 0.1) is 4.90 Å². The number of carboxylic acid groups (broad SMARTS) is 1. The molecule has 1 aliphatic rings. The molecule has 2 heterocycles. The van der Waals surface area contributed by atoms with Crippen LogP contribution in [0.15, 0.2) is 20.8 Å². The maximum absolute atomic E-state index is 12.0. The molecule has 1 saturated carbocycles. The molecule has 0 radical (unpaired) electrons. The minimum absolute atomic E-state index is 0.0606. The molecule has 106 valence electrons. The standard InChI is InChI=1S/C10H9N3O5S2/c14-9(15)7-3-6(4-19-7)20(16,17)13-10-12-11-8(18-10)5-1-2-5/h3-5H,1-2H2,(H,12,13)(H,14,15). The lowest BCUT2D eigenvalue weighted by atomic mass is 10.4. The van der Waals surface area contributed by atoms with Gasteiger partial charge in [-0.3, -0.25) is 0 Å². The van der Waals surface area contributed by atoms with Gasteiger partial charge in [-0.25, -0.2) is 17.9 Å². The van der Waals surface area contributed by atoms with Crippen molar-refractivity contribution in [3.63, 3.8) is 0 Å². The first kappa shape index (κ1) is 13.1. The molecule has 3 rings (SSSR count). The highest BCUT2D eigenvalue weighted by atomic mass is 32.2. The molecule has 1 aliphatic carbocycles. The molecular formula is C10H9N3O5S2. The van der Waals surface area contributed by atoms with E-state index in [9.17, 15) is 13.2 Å². The van der Waals surface area contributed by atoms with Crippen molar-refractivity contribution in [1.82, 2.24) is 10.2 Å². The first-order valence-electron chi connectivity index (χ1n) is 5.64. The number of aromatic nitrogens is 2. The van der Waals surface area contributed by atoms with Crippen molar-refractivity contribution < 1.29 is 22.7 Å². The smallest absolute Gasteiger partial charge is 0.345 e. The van der Waals surface area contributed by atoms with Crippen LogP contribution in [0.4, 0.5) is 6.01 Å². The number of carboxylic acids is 1. The Bertz CT molecular complexity index is 759. The summed E-state index contributed by atoms with van der Waals surface area (Å²) in [7, 11) is -3.92. The quantitative estimate of drug-likeness (QED) is 0.857. The normalized spacial score (nSPS) is 15.2. The van der Waals surface area contributed by atoms with E-state index in [4.69, 9.17) is 9.52 Å². The van der Waals surface area contributed by atoms with E-state index in [1.54, 1.807) is 0 Å². The SMILES string of the molecule is O=C(O)c1cc(S(=O)(=O)Nc2nnc(C3CC3)o2)cs1. The van der Waals surface area contributed by atoms with Crippen LogP contribution in [0.25, 0.3) is 0 Å². The van der Waals surface area contributed by atoms with Crippen LogP contribution in [-0.2, 0) is 10.0 Å². The van der Waals surface area contributed by atoms with E-state index in [-0.39, 0.29) is 21.7 Å². The summed E-state index contributed by atoms with van der Waals surface area (Å²) < 4.78 is 31.3. The monoisotopic (exact) mass is 315 g/mol. The molecule has 2 aromatic rings. The van der Waals surface area contributed by atoms with Crippen LogP contribution < -0.4 is 4.72 Å². The number of thiophene rings is 1. The Kier molecular flexibility index (Phi) is 2.98. The first-order chi connectivity index (χ1) is 9.45. The summed E-state index contributed by atoms with van der Waals surface area (Å²) >= 11 is 0.830. The second-order valence-corrected chi connectivity index (χ2v) is 6.87. The van der Waals surface area contributed by atoms with Gasteiger partial charge in [0, 0.05) is 11.3 Å². The molecule has 20 heavy (non-hydrogen) atoms. The number of hydrogen-bond donors (Lipinski definition) is 2. The molecule has 0 saturated heterocycles. The molecule has 0 unspecified atom stereocenters. The Morgan fingerprint density at radius 3 is 2.80 bits per heavy atom. The largest absolute Gasteiger partial charge is 0.477 e. The Morgan fingerprint density at radius 2 is 2.20 bits per heavy atom. The fourth-order valence-corrected chi connectivity index (χ4v) is 3.55. The Balaban J connectivity index is 1.81. The maximum Gasteiger partial charge on any atom is 0.345 e. The zero-order valence-electron chi connectivity index (χ0n) is 9.94. The van der Waals surface area contributed by atoms with E-state index in [0.29, 0.717) is 5.89 Å². The van der Waals surface area contributed by atoms with Crippen molar-refractivity contribution in [2.24, 2.45) is 0 Å². The minimum atomic E-state index is -3.92. The second kappa shape index (κ2) is 4.56. The van der Waals surface area contributed by atoms with Crippen molar-refractivity contribution in [2.75, 3.05) is 4.72 Å². The van der Waals surface area contributed by atoms with Crippen molar-refractivity contribution in [2.45, 2.75) is 23.7 Å². The lowest BCUT2D eigenvalue weighted by molar-refractivity contribution is 0.0702. The number of aromatic carboxylic acids is 1. The third-order valence-electron chi connectivity index (χ3n) is 2.69. The van der Waals surface area contributed by atoms with E-state index < -0.39 is 16.0 Å². The number of nitrogens with zero attached hydrogens (tertiary/aromatic N) is 2. The zero-order chi connectivity index (χ0) is 14.3. The van der Waals surface area contributed by atoms with Crippen molar-refractivity contribution in [3.05, 3.63) is 22.2 Å². The van der Waals surface area contributed by atoms with E-state index >= 15 is 0 Å². The van der Waals surface area contributed by atoms with Crippen molar-refractivity contribution >= 4 is 33.3 Å². The molecule has 0 aromatic carbocycles. The number of nitrogens with one attached hydrogen (secondary N) is 1. The van der Waals surface area contributed by atoms with Gasteiger partial charge < -0.3 is 9.52 Å². The number of anilines is 1. The summed E-state index contributed by atoms with van der Waals surface area (Å²) in [5, 5.41) is 17.4. The number of carbonyl (C=O) groups is 1. The third kappa shape index (κ3) is 2.51. The molecule has 2 aromatic heterocycles. The Morgan fingerprint density at radius 1 is 1.45 bits per heavy atom. The Labute approximate surface area is 117 Å². The van der Waals surface area contributed by atoms with Crippen LogP contribution in [-0.4, -0.2) is 29.7 Å². The molecular weight excluding hydrogens is 306 g/mol. The third-order valence-corrected chi connectivity index (χ3v) is 5.05. The summed E-state index contributed by atoms with van der Waals surface area (Å²) in [4.78, 5) is 10.5.